The maximum atomic E-state index is 10.8. The lowest BCUT2D eigenvalue weighted by atomic mass is 10.3. The maximum absolute atomic E-state index is 10.8. The highest BCUT2D eigenvalue weighted by atomic mass is 16.6. The summed E-state index contributed by atoms with van der Waals surface area (Å²) in [6.07, 6.45) is 6.43. The topological polar surface area (TPSA) is 96.6 Å². The van der Waals surface area contributed by atoms with Gasteiger partial charge in [-0.15, -0.1) is 6.42 Å². The fraction of sp³-hybridized carbons (Fsp3) is 0.200. The SMILES string of the molecule is C#CCN(CC(=O)O)c1ncccc1[N+](=O)[O-]. The molecule has 0 saturated heterocycles. The van der Waals surface area contributed by atoms with Crippen LogP contribution >= 0.6 is 0 Å². The minimum Gasteiger partial charge on any atom is -0.480 e. The molecule has 7 heteroatoms. The zero-order valence-corrected chi connectivity index (χ0v) is 8.74. The van der Waals surface area contributed by atoms with E-state index in [1.165, 1.54) is 18.3 Å². The molecule has 7 nitrogen and oxygen atoms in total. The minimum absolute atomic E-state index is 0.0437. The van der Waals surface area contributed by atoms with Gasteiger partial charge in [-0.05, 0) is 6.07 Å². The van der Waals surface area contributed by atoms with Gasteiger partial charge in [-0.3, -0.25) is 14.9 Å². The Morgan fingerprint density at radius 3 is 2.94 bits per heavy atom. The van der Waals surface area contributed by atoms with E-state index in [1.54, 1.807) is 0 Å². The smallest absolute Gasteiger partial charge is 0.323 e. The van der Waals surface area contributed by atoms with Gasteiger partial charge in [-0.25, -0.2) is 4.98 Å². The second kappa shape index (κ2) is 5.46. The number of terminal acetylenes is 1. The minimum atomic E-state index is -1.14. The normalized spacial score (nSPS) is 9.35. The molecule has 17 heavy (non-hydrogen) atoms. The summed E-state index contributed by atoms with van der Waals surface area (Å²) in [6.45, 7) is -0.508. The number of rotatable bonds is 5. The lowest BCUT2D eigenvalue weighted by Crippen LogP contribution is -2.31. The third kappa shape index (κ3) is 3.17. The highest BCUT2D eigenvalue weighted by Gasteiger charge is 2.21. The fourth-order valence-corrected chi connectivity index (χ4v) is 1.25. The van der Waals surface area contributed by atoms with Gasteiger partial charge >= 0.3 is 11.7 Å². The highest BCUT2D eigenvalue weighted by molar-refractivity contribution is 5.75. The average molecular weight is 235 g/mol. The van der Waals surface area contributed by atoms with Crippen molar-refractivity contribution in [1.82, 2.24) is 4.98 Å². The zero-order valence-electron chi connectivity index (χ0n) is 8.74. The third-order valence-electron chi connectivity index (χ3n) is 1.87. The molecule has 0 unspecified atom stereocenters. The molecule has 1 N–H and O–H groups in total. The molecule has 0 aliphatic heterocycles. The van der Waals surface area contributed by atoms with Crippen LogP contribution < -0.4 is 4.90 Å². The number of carbonyl (C=O) groups is 1. The first-order chi connectivity index (χ1) is 8.06. The molecule has 0 spiro atoms. The summed E-state index contributed by atoms with van der Waals surface area (Å²) < 4.78 is 0. The lowest BCUT2D eigenvalue weighted by Gasteiger charge is -2.18. The molecule has 0 atom stereocenters. The van der Waals surface area contributed by atoms with Crippen LogP contribution in [0, 0.1) is 22.5 Å². The van der Waals surface area contributed by atoms with Gasteiger partial charge in [0.25, 0.3) is 0 Å². The number of pyridine rings is 1. The Bertz CT molecular complexity index is 481. The molecule has 0 aromatic carbocycles. The summed E-state index contributed by atoms with van der Waals surface area (Å²) in [5.41, 5.74) is -0.274. The Labute approximate surface area is 96.8 Å². The monoisotopic (exact) mass is 235 g/mol. The van der Waals surface area contributed by atoms with E-state index in [0.29, 0.717) is 0 Å². The molecule has 1 heterocycles. The summed E-state index contributed by atoms with van der Waals surface area (Å²) in [4.78, 5) is 25.7. The Balaban J connectivity index is 3.13. The summed E-state index contributed by atoms with van der Waals surface area (Å²) in [6, 6.07) is 2.64. The molecule has 0 saturated carbocycles. The van der Waals surface area contributed by atoms with E-state index < -0.39 is 17.4 Å². The van der Waals surface area contributed by atoms with Gasteiger partial charge in [-0.1, -0.05) is 5.92 Å². The van der Waals surface area contributed by atoms with Crippen LogP contribution in [0.1, 0.15) is 0 Å². The molecule has 0 aliphatic rings. The zero-order chi connectivity index (χ0) is 12.8. The Kier molecular flexibility index (Phi) is 4.00. The molecule has 1 rings (SSSR count). The quantitative estimate of drug-likeness (QED) is 0.454. The second-order valence-corrected chi connectivity index (χ2v) is 3.06. The first kappa shape index (κ1) is 12.4. The van der Waals surface area contributed by atoms with Crippen LogP contribution in [0.25, 0.3) is 0 Å². The molecule has 88 valence electrons. The number of carboxylic acids is 1. The highest BCUT2D eigenvalue weighted by Crippen LogP contribution is 2.24. The van der Waals surface area contributed by atoms with Crippen LogP contribution in [0.5, 0.6) is 0 Å². The molecule has 0 radical (unpaired) electrons. The molecule has 1 aromatic rings. The number of aromatic nitrogens is 1. The van der Waals surface area contributed by atoms with Crippen molar-refractivity contribution in [3.05, 3.63) is 28.4 Å². The number of nitrogens with zero attached hydrogens (tertiary/aromatic N) is 3. The number of aliphatic carboxylic acids is 1. The Hall–Kier alpha value is -2.62. The lowest BCUT2D eigenvalue weighted by molar-refractivity contribution is -0.384. The van der Waals surface area contributed by atoms with Crippen LogP contribution in [0.4, 0.5) is 11.5 Å². The van der Waals surface area contributed by atoms with Gasteiger partial charge < -0.3 is 10.0 Å². The fourth-order valence-electron chi connectivity index (χ4n) is 1.25. The molecule has 0 fully saturated rings. The molecule has 0 aliphatic carbocycles. The van der Waals surface area contributed by atoms with Crippen molar-refractivity contribution in [2.24, 2.45) is 0 Å². The van der Waals surface area contributed by atoms with Gasteiger partial charge in [0.05, 0.1) is 11.5 Å². The van der Waals surface area contributed by atoms with Gasteiger partial charge in [0.1, 0.15) is 6.54 Å². The molecule has 1 aromatic heterocycles. The van der Waals surface area contributed by atoms with E-state index in [-0.39, 0.29) is 18.1 Å². The van der Waals surface area contributed by atoms with Gasteiger partial charge in [0.2, 0.25) is 5.82 Å². The Morgan fingerprint density at radius 2 is 2.41 bits per heavy atom. The van der Waals surface area contributed by atoms with E-state index in [4.69, 9.17) is 11.5 Å². The van der Waals surface area contributed by atoms with E-state index in [1.807, 2.05) is 0 Å². The second-order valence-electron chi connectivity index (χ2n) is 3.06. The van der Waals surface area contributed by atoms with Crippen molar-refractivity contribution in [2.75, 3.05) is 18.0 Å². The van der Waals surface area contributed by atoms with E-state index in [2.05, 4.69) is 10.9 Å². The molecular weight excluding hydrogens is 226 g/mol. The average Bonchev–Trinajstić information content (AvgIpc) is 2.28. The maximum Gasteiger partial charge on any atom is 0.323 e. The van der Waals surface area contributed by atoms with E-state index >= 15 is 0 Å². The van der Waals surface area contributed by atoms with Gasteiger partial charge in [0, 0.05) is 12.3 Å². The molecule has 0 amide bonds. The number of hydrogen-bond donors (Lipinski definition) is 1. The number of hydrogen-bond acceptors (Lipinski definition) is 5. The first-order valence-corrected chi connectivity index (χ1v) is 4.56. The third-order valence-corrected chi connectivity index (χ3v) is 1.87. The van der Waals surface area contributed by atoms with Crippen molar-refractivity contribution in [1.29, 1.82) is 0 Å². The molecular formula is C10H9N3O4. The predicted octanol–water partition coefficient (Wildman–Crippen LogP) is 0.514. The number of carboxylic acid groups (broad SMARTS) is 1. The van der Waals surface area contributed by atoms with Crippen molar-refractivity contribution >= 4 is 17.5 Å². The summed E-state index contributed by atoms with van der Waals surface area (Å²) in [7, 11) is 0. The predicted molar refractivity (Wildman–Crippen MR) is 59.6 cm³/mol. The van der Waals surface area contributed by atoms with Crippen molar-refractivity contribution in [3.8, 4) is 12.3 Å². The van der Waals surface area contributed by atoms with Crippen molar-refractivity contribution in [3.63, 3.8) is 0 Å². The van der Waals surface area contributed by atoms with E-state index in [9.17, 15) is 14.9 Å². The number of anilines is 1. The largest absolute Gasteiger partial charge is 0.480 e. The molecule has 0 bridgehead atoms. The summed E-state index contributed by atoms with van der Waals surface area (Å²) >= 11 is 0. The van der Waals surface area contributed by atoms with Crippen LogP contribution in [0.3, 0.4) is 0 Å². The van der Waals surface area contributed by atoms with Crippen LogP contribution in [-0.4, -0.2) is 34.1 Å². The standard InChI is InChI=1S/C10H9N3O4/c1-2-6-12(7-9(14)15)10-8(13(16)17)4-3-5-11-10/h1,3-5H,6-7H2,(H,14,15). The van der Waals surface area contributed by atoms with Gasteiger partial charge in [0.15, 0.2) is 0 Å². The summed E-state index contributed by atoms with van der Waals surface area (Å²) in [5.74, 6) is 1.06. The Morgan fingerprint density at radius 1 is 1.71 bits per heavy atom. The van der Waals surface area contributed by atoms with Crippen LogP contribution in [-0.2, 0) is 4.79 Å². The number of nitro groups is 1. The first-order valence-electron chi connectivity index (χ1n) is 4.56. The van der Waals surface area contributed by atoms with Crippen LogP contribution in [0.15, 0.2) is 18.3 Å². The van der Waals surface area contributed by atoms with E-state index in [0.717, 1.165) is 4.90 Å². The van der Waals surface area contributed by atoms with Crippen molar-refractivity contribution < 1.29 is 14.8 Å². The van der Waals surface area contributed by atoms with Gasteiger partial charge in [-0.2, -0.15) is 0 Å². The summed E-state index contributed by atoms with van der Waals surface area (Å²) in [5, 5.41) is 19.4. The van der Waals surface area contributed by atoms with Crippen LogP contribution in [0.2, 0.25) is 0 Å². The van der Waals surface area contributed by atoms with Crippen molar-refractivity contribution in [2.45, 2.75) is 0 Å².